The fraction of sp³-hybridized carbons (Fsp3) is 0.0864. The van der Waals surface area contributed by atoms with Crippen molar-refractivity contribution in [2.24, 2.45) is 0 Å². The normalized spacial score (nSPS) is 17.4. The van der Waals surface area contributed by atoms with E-state index >= 15 is 0 Å². The van der Waals surface area contributed by atoms with Crippen LogP contribution in [0.1, 0.15) is 78.9 Å². The van der Waals surface area contributed by atoms with E-state index in [-0.39, 0.29) is 6.04 Å². The van der Waals surface area contributed by atoms with Gasteiger partial charge in [-0.15, -0.1) is 22.7 Å². The zero-order valence-corrected chi connectivity index (χ0v) is 49.2. The van der Waals surface area contributed by atoms with Gasteiger partial charge >= 0.3 is 0 Å². The first-order chi connectivity index (χ1) is 43.5. The minimum absolute atomic E-state index is 0.249. The van der Waals surface area contributed by atoms with Crippen molar-refractivity contribution in [3.63, 3.8) is 0 Å². The lowest BCUT2D eigenvalue weighted by Crippen LogP contribution is -2.20. The van der Waals surface area contributed by atoms with Crippen molar-refractivity contribution in [3.8, 4) is 53.6 Å². The monoisotopic (exact) mass is 1150 g/mol. The summed E-state index contributed by atoms with van der Waals surface area (Å²) in [4.78, 5) is 27.0. The Morgan fingerprint density at radius 3 is 1.31 bits per heavy atom. The highest BCUT2D eigenvalue weighted by Crippen LogP contribution is 2.67. The molecule has 8 heterocycles. The third kappa shape index (κ3) is 5.57. The quantitative estimate of drug-likeness (QED) is 0.163. The molecular formula is C81H47N5S2. The molecule has 0 spiro atoms. The number of aromatic amines is 2. The minimum Gasteiger partial charge on any atom is -0.354 e. The lowest BCUT2D eigenvalue weighted by Gasteiger charge is -2.31. The number of likely N-dealkylation sites (N-methyl/N-ethyl adjacent to an activating group) is 1. The summed E-state index contributed by atoms with van der Waals surface area (Å²) < 4.78 is 0. The predicted octanol–water partition coefficient (Wildman–Crippen LogP) is 21.2. The topological polar surface area (TPSA) is 60.6 Å². The fourth-order valence-corrected chi connectivity index (χ4v) is 20.9. The summed E-state index contributed by atoms with van der Waals surface area (Å²) >= 11 is 3.87. The van der Waals surface area contributed by atoms with Gasteiger partial charge in [-0.05, 0) is 229 Å². The molecule has 3 aliphatic carbocycles. The number of hydrogen-bond donors (Lipinski definition) is 2. The molecule has 0 amide bonds. The van der Waals surface area contributed by atoms with E-state index in [4.69, 9.17) is 9.97 Å². The lowest BCUT2D eigenvalue weighted by molar-refractivity contribution is 0.308. The van der Waals surface area contributed by atoms with Crippen molar-refractivity contribution in [1.29, 1.82) is 0 Å². The van der Waals surface area contributed by atoms with Crippen LogP contribution in [0.15, 0.2) is 176 Å². The number of rotatable bonds is 6. The molecule has 5 nitrogen and oxygen atoms in total. The first-order valence-electron chi connectivity index (χ1n) is 31.0. The van der Waals surface area contributed by atoms with Gasteiger partial charge in [-0.3, -0.25) is 4.90 Å². The van der Waals surface area contributed by atoms with Crippen LogP contribution < -0.4 is 0 Å². The molecule has 0 saturated carbocycles. The van der Waals surface area contributed by atoms with Crippen molar-refractivity contribution in [2.75, 3.05) is 13.6 Å². The number of aromatic nitrogens is 4. The molecule has 8 bridgehead atoms. The van der Waals surface area contributed by atoms with Crippen molar-refractivity contribution in [2.45, 2.75) is 30.7 Å². The summed E-state index contributed by atoms with van der Waals surface area (Å²) in [5.41, 5.74) is 24.5. The van der Waals surface area contributed by atoms with Gasteiger partial charge in [-0.25, -0.2) is 9.97 Å². The van der Waals surface area contributed by atoms with Crippen LogP contribution in [0.4, 0.5) is 0 Å². The molecule has 12 aromatic carbocycles. The number of likely N-dealkylation sites (tertiary alicyclic amines) is 1. The van der Waals surface area contributed by atoms with Gasteiger partial charge in [0.05, 0.1) is 28.8 Å². The summed E-state index contributed by atoms with van der Waals surface area (Å²) in [7, 11) is 2.42. The fourth-order valence-electron chi connectivity index (χ4n) is 18.5. The second-order valence-electron chi connectivity index (χ2n) is 25.9. The van der Waals surface area contributed by atoms with E-state index < -0.39 is 0 Å². The molecule has 0 radical (unpaired) electrons. The predicted molar refractivity (Wildman–Crippen MR) is 371 cm³/mol. The Balaban J connectivity index is 0.705. The van der Waals surface area contributed by atoms with E-state index in [2.05, 4.69) is 222 Å². The molecule has 3 unspecified atom stereocenters. The third-order valence-electron chi connectivity index (χ3n) is 21.7. The molecule has 17 aromatic rings. The summed E-state index contributed by atoms with van der Waals surface area (Å²) in [6.07, 6.45) is 10.8. The Morgan fingerprint density at radius 2 is 0.784 bits per heavy atom. The van der Waals surface area contributed by atoms with Crippen LogP contribution in [0.25, 0.3) is 186 Å². The molecule has 7 heteroatoms. The number of nitrogens with zero attached hydrogens (tertiary/aromatic N) is 3. The maximum Gasteiger partial charge on any atom is 0.0745 e. The molecule has 5 aromatic heterocycles. The summed E-state index contributed by atoms with van der Waals surface area (Å²) in [6.45, 7) is 1.04. The van der Waals surface area contributed by atoms with Gasteiger partial charge in [0.15, 0.2) is 0 Å². The van der Waals surface area contributed by atoms with Crippen LogP contribution in [0, 0.1) is 0 Å². The smallest absolute Gasteiger partial charge is 0.0745 e. The van der Waals surface area contributed by atoms with Crippen molar-refractivity contribution < 1.29 is 0 Å². The van der Waals surface area contributed by atoms with Crippen LogP contribution in [-0.4, -0.2) is 38.4 Å². The van der Waals surface area contributed by atoms with Crippen molar-refractivity contribution in [1.82, 2.24) is 24.8 Å². The van der Waals surface area contributed by atoms with Gasteiger partial charge in [-0.2, -0.15) is 0 Å². The second-order valence-corrected chi connectivity index (χ2v) is 28.1. The van der Waals surface area contributed by atoms with E-state index in [1.807, 2.05) is 22.7 Å². The van der Waals surface area contributed by atoms with E-state index in [0.717, 1.165) is 108 Å². The number of thiophene rings is 2. The zero-order chi connectivity index (χ0) is 56.7. The van der Waals surface area contributed by atoms with Gasteiger partial charge in [0.2, 0.25) is 0 Å². The van der Waals surface area contributed by atoms with Gasteiger partial charge in [0, 0.05) is 82.2 Å². The Bertz CT molecular complexity index is 6160. The van der Waals surface area contributed by atoms with E-state index in [1.54, 1.807) is 86.9 Å². The molecule has 3 atom stereocenters. The number of benzene rings is 10. The maximum atomic E-state index is 5.66. The number of nitrogens with one attached hydrogen (secondary N) is 2. The Morgan fingerprint density at radius 1 is 0.375 bits per heavy atom. The molecule has 408 valence electrons. The first-order valence-corrected chi connectivity index (χ1v) is 32.6. The van der Waals surface area contributed by atoms with E-state index in [9.17, 15) is 0 Å². The van der Waals surface area contributed by atoms with Gasteiger partial charge in [0.25, 0.3) is 0 Å². The van der Waals surface area contributed by atoms with Gasteiger partial charge in [0.1, 0.15) is 0 Å². The van der Waals surface area contributed by atoms with Crippen molar-refractivity contribution >= 4 is 155 Å². The van der Waals surface area contributed by atoms with Crippen LogP contribution >= 0.6 is 22.7 Å². The van der Waals surface area contributed by atoms with Crippen LogP contribution in [0.5, 0.6) is 0 Å². The molecule has 23 rings (SSSR count). The Hall–Kier alpha value is -10.0. The first kappa shape index (κ1) is 46.2. The maximum absolute atomic E-state index is 5.66. The summed E-state index contributed by atoms with van der Waals surface area (Å²) in [5, 5.41) is 24.8. The molecular weight excluding hydrogens is 1110 g/mol. The highest BCUT2D eigenvalue weighted by Gasteiger charge is 2.49. The SMILES string of the molecule is CN1CC2c3cc4c5c6c(cc7ccc8cc9c%10c%11c(cc(c%12c3c5c(c%12%11)c3c6c7c8c%103)C2C1c1ccc(-c2ccc(-c3c5nc(c(-c6ccccc6)c6ccc([nH]6)c(-c6ccccc6)c6nc(c(-c7ccccc7)c7ccc3[nH]7)C=C6)C=C5)s2)s1)C9)C4. The third-order valence-corrected chi connectivity index (χ3v) is 24.1. The summed E-state index contributed by atoms with van der Waals surface area (Å²) in [6, 6.07) is 66.2. The van der Waals surface area contributed by atoms with Gasteiger partial charge < -0.3 is 9.97 Å². The minimum atomic E-state index is 0.249. The molecule has 1 fully saturated rings. The number of fused-ring (bicyclic) bond motifs is 11. The molecule has 1 saturated heterocycles. The lowest BCUT2D eigenvalue weighted by atomic mass is 9.72. The van der Waals surface area contributed by atoms with Crippen LogP contribution in [0.3, 0.4) is 0 Å². The Kier molecular flexibility index (Phi) is 8.37. The second kappa shape index (κ2) is 15.9. The number of H-pyrrole nitrogens is 2. The van der Waals surface area contributed by atoms with Gasteiger partial charge in [-0.1, -0.05) is 127 Å². The molecule has 2 N–H and O–H groups in total. The van der Waals surface area contributed by atoms with Crippen molar-refractivity contribution in [3.05, 3.63) is 237 Å². The molecule has 3 aliphatic heterocycles. The van der Waals surface area contributed by atoms with Crippen LogP contribution in [0.2, 0.25) is 0 Å². The number of hydrogen-bond acceptors (Lipinski definition) is 5. The average molecular weight is 1150 g/mol. The standard InChI is InChI=1S/C81H47N5S2/c1-86-37-49-47-35-45-33-43-31-41-17-18-42-32-44-34-46-36-48(73-72(47)77-69(45)67(43)75-65(41)66(42)76-68(44)70(46)78(73)80(77)79(75)76)71(49)81(86)61-30-28-59(88-61)58-27-29-60(87-58)74-56-25-23-54(84-56)63(39-13-7-3-8-14-39)52-21-19-50(82-52)62(38-11-5-2-6-12-38)51-20-22-53(83-51)64(40-15-9-4-10-16-40)55-24-26-57(74)85-55/h2-32,35-36,49,71,81-82,85H,33-34,37H2,1H3. The zero-order valence-electron chi connectivity index (χ0n) is 47.6. The molecule has 6 aliphatic rings. The van der Waals surface area contributed by atoms with E-state index in [0.29, 0.717) is 11.8 Å². The summed E-state index contributed by atoms with van der Waals surface area (Å²) in [5.74, 6) is 0.748. The van der Waals surface area contributed by atoms with Crippen LogP contribution in [-0.2, 0) is 12.8 Å². The highest BCUT2D eigenvalue weighted by molar-refractivity contribution is 7.24. The molecule has 88 heavy (non-hydrogen) atoms. The Labute approximate surface area is 511 Å². The average Bonchev–Trinajstić information content (AvgIpc) is 1.46. The highest BCUT2D eigenvalue weighted by atomic mass is 32.1. The largest absolute Gasteiger partial charge is 0.354 e. The van der Waals surface area contributed by atoms with E-state index in [1.165, 1.54) is 47.3 Å².